The van der Waals surface area contributed by atoms with E-state index < -0.39 is 0 Å². The van der Waals surface area contributed by atoms with E-state index >= 15 is 0 Å². The fourth-order valence-electron chi connectivity index (χ4n) is 4.53. The number of hydrogen-bond donors (Lipinski definition) is 0. The highest BCUT2D eigenvalue weighted by molar-refractivity contribution is 7.71. The van der Waals surface area contributed by atoms with Gasteiger partial charge in [0.1, 0.15) is 11.6 Å². The quantitative estimate of drug-likeness (QED) is 0.501. The van der Waals surface area contributed by atoms with Crippen molar-refractivity contribution in [3.05, 3.63) is 64.9 Å². The van der Waals surface area contributed by atoms with E-state index in [1.54, 1.807) is 18.2 Å². The Morgan fingerprint density at radius 1 is 1.00 bits per heavy atom. The van der Waals surface area contributed by atoms with Crippen LogP contribution < -0.4 is 4.90 Å². The van der Waals surface area contributed by atoms with Crippen LogP contribution in [0.3, 0.4) is 0 Å². The molecule has 9 heteroatoms. The first-order valence-electron chi connectivity index (χ1n) is 11.4. The summed E-state index contributed by atoms with van der Waals surface area (Å²) < 4.78 is 38.0. The number of piperazine rings is 1. The second-order valence-corrected chi connectivity index (χ2v) is 8.92. The summed E-state index contributed by atoms with van der Waals surface area (Å²) in [7, 11) is 0. The van der Waals surface area contributed by atoms with Crippen LogP contribution in [0.4, 0.5) is 14.5 Å². The van der Waals surface area contributed by atoms with Crippen molar-refractivity contribution < 1.29 is 13.5 Å². The van der Waals surface area contributed by atoms with Gasteiger partial charge >= 0.3 is 0 Å². The number of anilines is 1. The molecule has 3 aromatic rings. The van der Waals surface area contributed by atoms with Gasteiger partial charge in [-0.1, -0.05) is 12.1 Å². The predicted octanol–water partition coefficient (Wildman–Crippen LogP) is 4.32. The van der Waals surface area contributed by atoms with Crippen molar-refractivity contribution in [2.24, 2.45) is 0 Å². The number of rotatable bonds is 6. The van der Waals surface area contributed by atoms with Crippen molar-refractivity contribution in [3.8, 4) is 11.4 Å². The van der Waals surface area contributed by atoms with Crippen LogP contribution in [0.25, 0.3) is 11.4 Å². The number of benzene rings is 2. The van der Waals surface area contributed by atoms with Gasteiger partial charge in [0.05, 0.1) is 25.0 Å². The summed E-state index contributed by atoms with van der Waals surface area (Å²) in [5.74, 6) is 0.251. The van der Waals surface area contributed by atoms with Gasteiger partial charge in [-0.25, -0.2) is 13.5 Å². The Morgan fingerprint density at radius 3 is 2.45 bits per heavy atom. The average molecular weight is 472 g/mol. The van der Waals surface area contributed by atoms with Gasteiger partial charge in [0.2, 0.25) is 0 Å². The van der Waals surface area contributed by atoms with E-state index in [4.69, 9.17) is 22.1 Å². The largest absolute Gasteiger partial charge is 0.376 e. The highest BCUT2D eigenvalue weighted by Crippen LogP contribution is 2.24. The Balaban J connectivity index is 1.34. The molecule has 0 radical (unpaired) electrons. The molecule has 2 aliphatic rings. The highest BCUT2D eigenvalue weighted by atomic mass is 32.1. The minimum atomic E-state index is -0.282. The summed E-state index contributed by atoms with van der Waals surface area (Å²) >= 11 is 5.81. The van der Waals surface area contributed by atoms with Crippen LogP contribution in [-0.4, -0.2) is 58.1 Å². The molecule has 0 bridgehead atoms. The van der Waals surface area contributed by atoms with Gasteiger partial charge in [-0.15, -0.1) is 0 Å². The van der Waals surface area contributed by atoms with E-state index in [9.17, 15) is 8.78 Å². The minimum Gasteiger partial charge on any atom is -0.376 e. The topological polar surface area (TPSA) is 38.5 Å². The van der Waals surface area contributed by atoms with Crippen LogP contribution in [0, 0.1) is 16.4 Å². The van der Waals surface area contributed by atoms with Gasteiger partial charge in [-0.3, -0.25) is 9.47 Å². The first-order valence-corrected chi connectivity index (χ1v) is 11.8. The lowest BCUT2D eigenvalue weighted by molar-refractivity contribution is 0.0966. The van der Waals surface area contributed by atoms with Gasteiger partial charge < -0.3 is 9.64 Å². The molecule has 6 nitrogen and oxygen atoms in total. The number of ether oxygens (including phenoxy) is 1. The first kappa shape index (κ1) is 22.2. The fourth-order valence-corrected chi connectivity index (χ4v) is 4.79. The van der Waals surface area contributed by atoms with Crippen molar-refractivity contribution in [1.29, 1.82) is 0 Å². The lowest BCUT2D eigenvalue weighted by atomic mass is 10.2. The molecular formula is C24H27F2N5OS. The summed E-state index contributed by atoms with van der Waals surface area (Å²) in [6, 6.07) is 13.2. The third-order valence-corrected chi connectivity index (χ3v) is 6.77. The van der Waals surface area contributed by atoms with E-state index in [1.165, 1.54) is 18.2 Å². The molecule has 2 aliphatic heterocycles. The molecule has 2 fully saturated rings. The standard InChI is InChI=1S/C24H27F2N5OS/c25-19-9-7-18(8-10-19)23-27-31(24(33)30(23)16-20-4-3-15-32-20)17-28-11-13-29(14-12-28)22-6-2-1-5-21(22)26/h1-2,5-10,20H,3-4,11-17H2/t20-/m0/s1. The smallest absolute Gasteiger partial charge is 0.199 e. The van der Waals surface area contributed by atoms with Crippen LogP contribution in [0.15, 0.2) is 48.5 Å². The molecule has 2 aromatic carbocycles. The molecule has 0 unspecified atom stereocenters. The summed E-state index contributed by atoms with van der Waals surface area (Å²) in [6.45, 7) is 4.97. The number of nitrogens with zero attached hydrogens (tertiary/aromatic N) is 5. The van der Waals surface area contributed by atoms with E-state index in [0.29, 0.717) is 23.7 Å². The van der Waals surface area contributed by atoms with Crippen LogP contribution in [0.5, 0.6) is 0 Å². The number of para-hydroxylation sites is 1. The summed E-state index contributed by atoms with van der Waals surface area (Å²) in [4.78, 5) is 4.34. The lowest BCUT2D eigenvalue weighted by Crippen LogP contribution is -2.47. The van der Waals surface area contributed by atoms with E-state index in [2.05, 4.69) is 9.80 Å². The molecule has 1 aromatic heterocycles. The molecule has 0 aliphatic carbocycles. The third-order valence-electron chi connectivity index (χ3n) is 6.33. The number of aromatic nitrogens is 3. The van der Waals surface area contributed by atoms with Gasteiger partial charge in [0.15, 0.2) is 10.6 Å². The molecule has 2 saturated heterocycles. The Hall–Kier alpha value is -2.62. The van der Waals surface area contributed by atoms with Crippen LogP contribution in [0.1, 0.15) is 12.8 Å². The second kappa shape index (κ2) is 9.70. The molecule has 33 heavy (non-hydrogen) atoms. The molecule has 174 valence electrons. The summed E-state index contributed by atoms with van der Waals surface area (Å²) in [5, 5.41) is 4.82. The average Bonchev–Trinajstić information content (AvgIpc) is 3.45. The van der Waals surface area contributed by atoms with Crippen LogP contribution in [0.2, 0.25) is 0 Å². The summed E-state index contributed by atoms with van der Waals surface area (Å²) in [6.07, 6.45) is 2.15. The lowest BCUT2D eigenvalue weighted by Gasteiger charge is -2.35. The van der Waals surface area contributed by atoms with Crippen molar-refractivity contribution in [2.45, 2.75) is 32.2 Å². The zero-order valence-corrected chi connectivity index (χ0v) is 19.2. The minimum absolute atomic E-state index is 0.109. The fraction of sp³-hybridized carbons (Fsp3) is 0.417. The van der Waals surface area contributed by atoms with Crippen molar-refractivity contribution in [1.82, 2.24) is 19.2 Å². The third kappa shape index (κ3) is 4.85. The molecule has 1 atom stereocenters. The van der Waals surface area contributed by atoms with Crippen LogP contribution in [-0.2, 0) is 18.0 Å². The highest BCUT2D eigenvalue weighted by Gasteiger charge is 2.23. The normalized spacial score (nSPS) is 19.3. The molecule has 0 N–H and O–H groups in total. The zero-order chi connectivity index (χ0) is 22.8. The molecular weight excluding hydrogens is 444 g/mol. The second-order valence-electron chi connectivity index (χ2n) is 8.56. The number of hydrogen-bond acceptors (Lipinski definition) is 5. The maximum atomic E-state index is 14.2. The molecule has 3 heterocycles. The van der Waals surface area contributed by atoms with E-state index in [1.807, 2.05) is 21.4 Å². The SMILES string of the molecule is Fc1ccc(-c2nn(CN3CCN(c4ccccc4F)CC3)c(=S)n2C[C@@H]2CCCO2)cc1. The van der Waals surface area contributed by atoms with Gasteiger partial charge in [-0.05, 0) is 61.5 Å². The maximum absolute atomic E-state index is 14.2. The molecule has 0 spiro atoms. The molecule has 5 rings (SSSR count). The molecule has 0 amide bonds. The van der Waals surface area contributed by atoms with E-state index in [-0.39, 0.29) is 17.7 Å². The van der Waals surface area contributed by atoms with Gasteiger partial charge in [0.25, 0.3) is 0 Å². The molecule has 0 saturated carbocycles. The monoisotopic (exact) mass is 471 g/mol. The van der Waals surface area contributed by atoms with Crippen molar-refractivity contribution >= 4 is 17.9 Å². The van der Waals surface area contributed by atoms with Crippen molar-refractivity contribution in [3.63, 3.8) is 0 Å². The Morgan fingerprint density at radius 2 is 1.76 bits per heavy atom. The number of halogens is 2. The Labute approximate surface area is 197 Å². The predicted molar refractivity (Wildman–Crippen MR) is 126 cm³/mol. The Kier molecular flexibility index (Phi) is 6.52. The first-order chi connectivity index (χ1) is 16.1. The van der Waals surface area contributed by atoms with Gasteiger partial charge in [-0.2, -0.15) is 5.10 Å². The zero-order valence-electron chi connectivity index (χ0n) is 18.4. The maximum Gasteiger partial charge on any atom is 0.199 e. The Bertz CT molecular complexity index is 1150. The van der Waals surface area contributed by atoms with Crippen molar-refractivity contribution in [2.75, 3.05) is 37.7 Å². The summed E-state index contributed by atoms with van der Waals surface area (Å²) in [5.41, 5.74) is 1.47. The van der Waals surface area contributed by atoms with E-state index in [0.717, 1.165) is 57.0 Å². The van der Waals surface area contributed by atoms with Gasteiger partial charge in [0, 0.05) is 38.3 Å². The van der Waals surface area contributed by atoms with Crippen LogP contribution >= 0.6 is 12.2 Å².